The molecule has 13 heteroatoms. The fourth-order valence-corrected chi connectivity index (χ4v) is 4.16. The third kappa shape index (κ3) is 7.09. The summed E-state index contributed by atoms with van der Waals surface area (Å²) in [5.41, 5.74) is 3.68. The van der Waals surface area contributed by atoms with Crippen LogP contribution in [0.15, 0.2) is 29.4 Å². The van der Waals surface area contributed by atoms with Gasteiger partial charge in [0.25, 0.3) is 5.91 Å². The molecule has 204 valence electrons. The molecular formula is C24H36N6O7. The Balaban J connectivity index is 1.70. The summed E-state index contributed by atoms with van der Waals surface area (Å²) in [5.74, 6) is -0.339. The molecule has 0 spiro atoms. The molecule has 2 heterocycles. The Bertz CT molecular complexity index is 1030. The number of carbonyl (C=O) groups excluding carboxylic acids is 1. The van der Waals surface area contributed by atoms with Gasteiger partial charge in [0.15, 0.2) is 6.10 Å². The van der Waals surface area contributed by atoms with Crippen molar-refractivity contribution in [1.29, 1.82) is 0 Å². The molecule has 1 aromatic heterocycles. The third-order valence-electron chi connectivity index (χ3n) is 6.42. The van der Waals surface area contributed by atoms with E-state index in [0.29, 0.717) is 29.1 Å². The van der Waals surface area contributed by atoms with Gasteiger partial charge in [-0.05, 0) is 30.5 Å². The van der Waals surface area contributed by atoms with Gasteiger partial charge in [-0.2, -0.15) is 5.10 Å². The van der Waals surface area contributed by atoms with Gasteiger partial charge in [0.05, 0.1) is 56.5 Å². The number of unbranched alkanes of at least 4 members (excludes halogenated alkanes) is 2. The summed E-state index contributed by atoms with van der Waals surface area (Å²) in [4.78, 5) is 12.4. The number of carbonyl (C=O) groups is 1. The van der Waals surface area contributed by atoms with Crippen LogP contribution < -0.4 is 15.5 Å². The lowest BCUT2D eigenvalue weighted by atomic mass is 10.0. The number of hydrogen-bond acceptors (Lipinski definition) is 11. The van der Waals surface area contributed by atoms with E-state index in [9.17, 15) is 30.3 Å². The van der Waals surface area contributed by atoms with E-state index >= 15 is 0 Å². The van der Waals surface area contributed by atoms with Crippen molar-refractivity contribution in [2.24, 2.45) is 5.10 Å². The molecule has 0 saturated carbocycles. The fraction of sp³-hybridized carbons (Fsp3) is 0.583. The molecule has 1 aromatic carbocycles. The maximum absolute atomic E-state index is 12.4. The highest BCUT2D eigenvalue weighted by atomic mass is 16.5. The standard InChI is InChI=1S/C24H36N6O7/c1-3-4-5-6-16-19(30(29-27-16)12-17-21(33)22(34)18(13-31)26-17)11-25-28-24(36)23(35)20(32)14-7-9-15(37-2)10-8-14/h7-11,17-18,20-23,26,31-35H,3-6,12-13H2,1-2H3,(H,28,36)/b25-11+/t17-,18-,20-,21-,22-,23+/m1/s1. The number of hydrogen-bond donors (Lipinski definition) is 7. The van der Waals surface area contributed by atoms with Crippen molar-refractivity contribution in [1.82, 2.24) is 25.7 Å². The number of rotatable bonds is 13. The maximum atomic E-state index is 12.4. The van der Waals surface area contributed by atoms with Crippen LogP contribution in [0.3, 0.4) is 0 Å². The molecule has 0 unspecified atom stereocenters. The van der Waals surface area contributed by atoms with Gasteiger partial charge in [0, 0.05) is 0 Å². The van der Waals surface area contributed by atoms with Gasteiger partial charge < -0.3 is 35.6 Å². The average molecular weight is 521 g/mol. The zero-order chi connectivity index (χ0) is 26.9. The van der Waals surface area contributed by atoms with Gasteiger partial charge in [-0.1, -0.05) is 37.1 Å². The predicted octanol–water partition coefficient (Wildman–Crippen LogP) is -1.38. The molecule has 1 aliphatic heterocycles. The minimum atomic E-state index is -1.77. The molecule has 2 aromatic rings. The van der Waals surface area contributed by atoms with E-state index in [1.165, 1.54) is 18.0 Å². The Morgan fingerprint density at radius 1 is 1.22 bits per heavy atom. The predicted molar refractivity (Wildman–Crippen MR) is 133 cm³/mol. The van der Waals surface area contributed by atoms with Gasteiger partial charge >= 0.3 is 0 Å². The van der Waals surface area contributed by atoms with E-state index in [2.05, 4.69) is 33.1 Å². The molecule has 0 radical (unpaired) electrons. The molecule has 13 nitrogen and oxygen atoms in total. The first-order valence-corrected chi connectivity index (χ1v) is 12.3. The maximum Gasteiger partial charge on any atom is 0.271 e. The smallest absolute Gasteiger partial charge is 0.271 e. The number of hydrazone groups is 1. The Hall–Kier alpha value is -2.94. The van der Waals surface area contributed by atoms with E-state index < -0.39 is 42.4 Å². The van der Waals surface area contributed by atoms with Gasteiger partial charge in [0.1, 0.15) is 17.5 Å². The number of nitrogens with one attached hydrogen (secondary N) is 2. The number of amides is 1. The monoisotopic (exact) mass is 520 g/mol. The number of benzene rings is 1. The summed E-state index contributed by atoms with van der Waals surface area (Å²) < 4.78 is 6.56. The van der Waals surface area contributed by atoms with Gasteiger partial charge in [-0.25, -0.2) is 10.1 Å². The van der Waals surface area contributed by atoms with Crippen LogP contribution in [0.4, 0.5) is 0 Å². The molecule has 1 fully saturated rings. The highest BCUT2D eigenvalue weighted by Crippen LogP contribution is 2.21. The summed E-state index contributed by atoms with van der Waals surface area (Å²) in [6.07, 6.45) is -0.668. The second-order valence-corrected chi connectivity index (χ2v) is 9.00. The Labute approximate surface area is 214 Å². The molecule has 1 saturated heterocycles. The first-order valence-electron chi connectivity index (χ1n) is 12.3. The van der Waals surface area contributed by atoms with E-state index in [1.807, 2.05) is 0 Å². The first-order chi connectivity index (χ1) is 17.8. The lowest BCUT2D eigenvalue weighted by Crippen LogP contribution is -2.39. The summed E-state index contributed by atoms with van der Waals surface area (Å²) in [6.45, 7) is 1.87. The highest BCUT2D eigenvalue weighted by molar-refractivity contribution is 5.84. The van der Waals surface area contributed by atoms with Crippen molar-refractivity contribution in [2.75, 3.05) is 13.7 Å². The summed E-state index contributed by atoms with van der Waals surface area (Å²) in [6, 6.07) is 5.03. The zero-order valence-corrected chi connectivity index (χ0v) is 20.9. The zero-order valence-electron chi connectivity index (χ0n) is 20.9. The molecule has 37 heavy (non-hydrogen) atoms. The largest absolute Gasteiger partial charge is 0.497 e. The van der Waals surface area contributed by atoms with Crippen LogP contribution in [-0.2, 0) is 17.8 Å². The van der Waals surface area contributed by atoms with Crippen LogP contribution in [0.2, 0.25) is 0 Å². The van der Waals surface area contributed by atoms with Crippen LogP contribution in [0.25, 0.3) is 0 Å². The molecule has 1 aliphatic rings. The topological polar surface area (TPSA) is 195 Å². The minimum Gasteiger partial charge on any atom is -0.497 e. The van der Waals surface area contributed by atoms with Crippen molar-refractivity contribution in [3.8, 4) is 5.75 Å². The van der Waals surface area contributed by atoms with E-state index in [0.717, 1.165) is 19.3 Å². The van der Waals surface area contributed by atoms with E-state index in [4.69, 9.17) is 4.74 Å². The SMILES string of the molecule is CCCCCc1nnn(C[C@H]2N[C@H](CO)[C@@H](O)[C@@H]2O)c1/C=N/NC(=O)[C@@H](O)[C@H](O)c1ccc(OC)cc1. The number of aryl methyl sites for hydroxylation is 1. The Morgan fingerprint density at radius 3 is 2.54 bits per heavy atom. The summed E-state index contributed by atoms with van der Waals surface area (Å²) in [7, 11) is 1.50. The van der Waals surface area contributed by atoms with Crippen molar-refractivity contribution < 1.29 is 35.1 Å². The van der Waals surface area contributed by atoms with E-state index in [1.54, 1.807) is 24.3 Å². The number of ether oxygens (including phenoxy) is 1. The van der Waals surface area contributed by atoms with Gasteiger partial charge in [-0.3, -0.25) is 4.79 Å². The number of methoxy groups -OCH3 is 1. The Kier molecular flexibility index (Phi) is 10.5. The van der Waals surface area contributed by atoms with Crippen LogP contribution >= 0.6 is 0 Å². The minimum absolute atomic E-state index is 0.129. The second kappa shape index (κ2) is 13.6. The Morgan fingerprint density at radius 2 is 1.92 bits per heavy atom. The number of aliphatic hydroxyl groups is 5. The van der Waals surface area contributed by atoms with Gasteiger partial charge in [0.2, 0.25) is 0 Å². The average Bonchev–Trinajstić information content (AvgIpc) is 3.42. The highest BCUT2D eigenvalue weighted by Gasteiger charge is 2.41. The molecule has 3 rings (SSSR count). The van der Waals surface area contributed by atoms with Crippen molar-refractivity contribution in [3.05, 3.63) is 41.2 Å². The molecule has 1 amide bonds. The number of aliphatic hydroxyl groups excluding tert-OH is 5. The van der Waals surface area contributed by atoms with E-state index in [-0.39, 0.29) is 13.2 Å². The molecule has 7 N–H and O–H groups in total. The van der Waals surface area contributed by atoms with Crippen molar-refractivity contribution in [3.63, 3.8) is 0 Å². The third-order valence-corrected chi connectivity index (χ3v) is 6.42. The van der Waals surface area contributed by atoms with Crippen LogP contribution in [-0.4, -0.2) is 96.8 Å². The first kappa shape index (κ1) is 28.6. The summed E-state index contributed by atoms with van der Waals surface area (Å²) in [5, 5.41) is 65.8. The molecular weight excluding hydrogens is 484 g/mol. The van der Waals surface area contributed by atoms with Crippen molar-refractivity contribution in [2.45, 2.75) is 75.7 Å². The lowest BCUT2D eigenvalue weighted by Gasteiger charge is -2.17. The van der Waals surface area contributed by atoms with Crippen LogP contribution in [0, 0.1) is 0 Å². The van der Waals surface area contributed by atoms with Crippen LogP contribution in [0.1, 0.15) is 49.2 Å². The fourth-order valence-electron chi connectivity index (χ4n) is 4.16. The number of aromatic nitrogens is 3. The summed E-state index contributed by atoms with van der Waals surface area (Å²) >= 11 is 0. The molecule has 6 atom stereocenters. The molecule has 0 bridgehead atoms. The van der Waals surface area contributed by atoms with Crippen LogP contribution in [0.5, 0.6) is 5.75 Å². The second-order valence-electron chi connectivity index (χ2n) is 9.00. The number of nitrogens with zero attached hydrogens (tertiary/aromatic N) is 4. The normalized spacial score (nSPS) is 23.3. The molecule has 0 aliphatic carbocycles. The lowest BCUT2D eigenvalue weighted by molar-refractivity contribution is -0.135. The van der Waals surface area contributed by atoms with Crippen molar-refractivity contribution >= 4 is 12.1 Å². The quantitative estimate of drug-likeness (QED) is 0.0939. The van der Waals surface area contributed by atoms with Gasteiger partial charge in [-0.15, -0.1) is 5.10 Å².